The molecule has 17 heavy (non-hydrogen) atoms. The van der Waals surface area contributed by atoms with Crippen molar-refractivity contribution < 1.29 is 8.78 Å². The Hall–Kier alpha value is -1.27. The third-order valence-electron chi connectivity index (χ3n) is 2.31. The highest BCUT2D eigenvalue weighted by Gasteiger charge is 2.15. The molecule has 1 aromatic heterocycles. The van der Waals surface area contributed by atoms with E-state index in [0.717, 1.165) is 23.9 Å². The van der Waals surface area contributed by atoms with E-state index in [0.29, 0.717) is 16.7 Å². The second kappa shape index (κ2) is 4.93. The van der Waals surface area contributed by atoms with Crippen molar-refractivity contribution in [2.24, 2.45) is 0 Å². The van der Waals surface area contributed by atoms with E-state index in [1.807, 2.05) is 0 Å². The number of nitrogens with one attached hydrogen (secondary N) is 2. The van der Waals surface area contributed by atoms with Gasteiger partial charge in [-0.1, -0.05) is 0 Å². The summed E-state index contributed by atoms with van der Waals surface area (Å²) in [6.45, 7) is 0.560. The molecule has 0 spiro atoms. The van der Waals surface area contributed by atoms with Gasteiger partial charge in [0.25, 0.3) is 0 Å². The Morgan fingerprint density at radius 3 is 2.88 bits per heavy atom. The highest BCUT2D eigenvalue weighted by atomic mass is 79.9. The van der Waals surface area contributed by atoms with Crippen molar-refractivity contribution in [2.45, 2.75) is 6.54 Å². The van der Waals surface area contributed by atoms with Crippen molar-refractivity contribution in [1.29, 1.82) is 0 Å². The van der Waals surface area contributed by atoms with Gasteiger partial charge in [0.2, 0.25) is 0 Å². The first-order valence-corrected chi connectivity index (χ1v) is 5.75. The Kier molecular flexibility index (Phi) is 3.54. The molecule has 0 bridgehead atoms. The molecule has 3 nitrogen and oxygen atoms in total. The molecule has 2 rings (SSSR count). The lowest BCUT2D eigenvalue weighted by atomic mass is 10.1. The van der Waals surface area contributed by atoms with Gasteiger partial charge in [-0.3, -0.25) is 5.10 Å². The Labute approximate surface area is 105 Å². The second-order valence-electron chi connectivity index (χ2n) is 3.52. The van der Waals surface area contributed by atoms with Crippen LogP contribution in [0.5, 0.6) is 0 Å². The lowest BCUT2D eigenvalue weighted by molar-refractivity contribution is 0.602. The molecule has 0 aliphatic heterocycles. The molecule has 2 N–H and O–H groups in total. The Morgan fingerprint density at radius 2 is 2.18 bits per heavy atom. The van der Waals surface area contributed by atoms with E-state index in [1.165, 1.54) is 0 Å². The van der Waals surface area contributed by atoms with Crippen LogP contribution in [0.25, 0.3) is 11.3 Å². The fraction of sp³-hybridized carbons (Fsp3) is 0.182. The summed E-state index contributed by atoms with van der Waals surface area (Å²) in [5, 5.41) is 9.71. The van der Waals surface area contributed by atoms with Crippen LogP contribution in [0.1, 0.15) is 5.69 Å². The van der Waals surface area contributed by atoms with Gasteiger partial charge in [0, 0.05) is 12.1 Å². The van der Waals surface area contributed by atoms with E-state index < -0.39 is 11.6 Å². The van der Waals surface area contributed by atoms with Crippen molar-refractivity contribution in [3.63, 3.8) is 0 Å². The van der Waals surface area contributed by atoms with Crippen molar-refractivity contribution >= 4 is 15.9 Å². The molecule has 0 aliphatic rings. The van der Waals surface area contributed by atoms with E-state index in [1.54, 1.807) is 7.05 Å². The van der Waals surface area contributed by atoms with Crippen LogP contribution < -0.4 is 5.32 Å². The van der Waals surface area contributed by atoms with Crippen LogP contribution in [0.15, 0.2) is 22.7 Å². The predicted molar refractivity (Wildman–Crippen MR) is 64.4 cm³/mol. The maximum Gasteiger partial charge on any atom is 0.132 e. The largest absolute Gasteiger partial charge is 0.314 e. The van der Waals surface area contributed by atoms with Gasteiger partial charge in [-0.2, -0.15) is 5.10 Å². The van der Waals surface area contributed by atoms with E-state index in [9.17, 15) is 8.78 Å². The fourth-order valence-electron chi connectivity index (χ4n) is 1.52. The smallest absolute Gasteiger partial charge is 0.132 e. The lowest BCUT2D eigenvalue weighted by Crippen LogP contribution is -2.05. The van der Waals surface area contributed by atoms with Gasteiger partial charge in [-0.25, -0.2) is 8.78 Å². The molecule has 0 saturated heterocycles. The maximum absolute atomic E-state index is 13.6. The molecular formula is C11H10BrF2N3. The normalized spacial score (nSPS) is 10.8. The number of halogens is 3. The highest BCUT2D eigenvalue weighted by Crippen LogP contribution is 2.30. The summed E-state index contributed by atoms with van der Waals surface area (Å²) in [7, 11) is 1.79. The minimum atomic E-state index is -0.505. The first-order valence-electron chi connectivity index (χ1n) is 4.96. The summed E-state index contributed by atoms with van der Waals surface area (Å²) in [5.41, 5.74) is 1.29. The zero-order chi connectivity index (χ0) is 12.4. The average molecular weight is 302 g/mol. The van der Waals surface area contributed by atoms with Crippen molar-refractivity contribution in [3.8, 4) is 11.3 Å². The first-order chi connectivity index (χ1) is 8.13. The van der Waals surface area contributed by atoms with Crippen LogP contribution in [0.2, 0.25) is 0 Å². The SMILES string of the molecule is CNCc1[nH]nc(-c2cc(F)ccc2F)c1Br. The van der Waals surface area contributed by atoms with Gasteiger partial charge in [0.1, 0.15) is 17.3 Å². The zero-order valence-corrected chi connectivity index (χ0v) is 10.6. The minimum Gasteiger partial charge on any atom is -0.314 e. The molecule has 0 fully saturated rings. The van der Waals surface area contributed by atoms with Crippen molar-refractivity contribution in [1.82, 2.24) is 15.5 Å². The Balaban J connectivity index is 2.49. The maximum atomic E-state index is 13.6. The van der Waals surface area contributed by atoms with Gasteiger partial charge < -0.3 is 5.32 Å². The summed E-state index contributed by atoms with van der Waals surface area (Å²) in [4.78, 5) is 0. The van der Waals surface area contributed by atoms with Crippen molar-refractivity contribution in [2.75, 3.05) is 7.05 Å². The molecule has 0 saturated carbocycles. The van der Waals surface area contributed by atoms with Crippen LogP contribution in [0.4, 0.5) is 8.78 Å². The molecule has 90 valence electrons. The van der Waals surface area contributed by atoms with Gasteiger partial charge in [-0.15, -0.1) is 0 Å². The number of aromatic amines is 1. The van der Waals surface area contributed by atoms with Crippen LogP contribution in [-0.4, -0.2) is 17.2 Å². The van der Waals surface area contributed by atoms with Gasteiger partial charge >= 0.3 is 0 Å². The molecule has 1 aromatic carbocycles. The van der Waals surface area contributed by atoms with Crippen LogP contribution >= 0.6 is 15.9 Å². The highest BCUT2D eigenvalue weighted by molar-refractivity contribution is 9.10. The molecule has 0 aliphatic carbocycles. The summed E-state index contributed by atoms with van der Waals surface area (Å²) in [6, 6.07) is 3.29. The monoisotopic (exact) mass is 301 g/mol. The molecule has 2 aromatic rings. The van der Waals surface area contributed by atoms with Crippen molar-refractivity contribution in [3.05, 3.63) is 40.0 Å². The van der Waals surface area contributed by atoms with Gasteiger partial charge in [0.15, 0.2) is 0 Å². The third kappa shape index (κ3) is 2.37. The number of rotatable bonds is 3. The number of nitrogens with zero attached hydrogens (tertiary/aromatic N) is 1. The second-order valence-corrected chi connectivity index (χ2v) is 4.31. The topological polar surface area (TPSA) is 40.7 Å². The third-order valence-corrected chi connectivity index (χ3v) is 3.17. The number of benzene rings is 1. The fourth-order valence-corrected chi connectivity index (χ4v) is 2.05. The zero-order valence-electron chi connectivity index (χ0n) is 9.02. The number of aromatic nitrogens is 2. The molecule has 0 atom stereocenters. The summed E-state index contributed by atoms with van der Waals surface area (Å²) >= 11 is 3.32. The Bertz CT molecular complexity index is 540. The lowest BCUT2D eigenvalue weighted by Gasteiger charge is -2.01. The number of H-pyrrole nitrogens is 1. The van der Waals surface area contributed by atoms with E-state index in [-0.39, 0.29) is 5.56 Å². The molecule has 6 heteroatoms. The first kappa shape index (κ1) is 12.2. The number of hydrogen-bond donors (Lipinski definition) is 2. The minimum absolute atomic E-state index is 0.135. The standard InChI is InChI=1S/C11H10BrF2N3/c1-15-5-9-10(12)11(17-16-9)7-4-6(13)2-3-8(7)14/h2-4,15H,5H2,1H3,(H,16,17). The van der Waals surface area contributed by atoms with Gasteiger partial charge in [0.05, 0.1) is 10.2 Å². The summed E-state index contributed by atoms with van der Waals surface area (Å²) in [5.74, 6) is -0.999. The molecular weight excluding hydrogens is 292 g/mol. The molecule has 0 amide bonds. The summed E-state index contributed by atoms with van der Waals surface area (Å²) < 4.78 is 27.3. The van der Waals surface area contributed by atoms with Crippen LogP contribution in [-0.2, 0) is 6.54 Å². The van der Waals surface area contributed by atoms with E-state index in [4.69, 9.17) is 0 Å². The van der Waals surface area contributed by atoms with E-state index in [2.05, 4.69) is 31.4 Å². The summed E-state index contributed by atoms with van der Waals surface area (Å²) in [6.07, 6.45) is 0. The Morgan fingerprint density at radius 1 is 1.41 bits per heavy atom. The average Bonchev–Trinajstić information content (AvgIpc) is 2.65. The molecule has 0 radical (unpaired) electrons. The van der Waals surface area contributed by atoms with Gasteiger partial charge in [-0.05, 0) is 41.2 Å². The van der Waals surface area contributed by atoms with Crippen LogP contribution in [0, 0.1) is 11.6 Å². The quantitative estimate of drug-likeness (QED) is 0.915. The predicted octanol–water partition coefficient (Wildman–Crippen LogP) is 2.84. The molecule has 1 heterocycles. The number of hydrogen-bond acceptors (Lipinski definition) is 2. The van der Waals surface area contributed by atoms with E-state index >= 15 is 0 Å². The molecule has 0 unspecified atom stereocenters. The van der Waals surface area contributed by atoms with Crippen LogP contribution in [0.3, 0.4) is 0 Å².